The summed E-state index contributed by atoms with van der Waals surface area (Å²) in [7, 11) is 0. The van der Waals surface area contributed by atoms with Crippen LogP contribution in [0.4, 0.5) is 0 Å². The van der Waals surface area contributed by atoms with Gasteiger partial charge in [-0.3, -0.25) is 0 Å². The average molecular weight is 211 g/mol. The molecule has 14 heavy (non-hydrogen) atoms. The Hall–Kier alpha value is -1.19. The van der Waals surface area contributed by atoms with Crippen LogP contribution in [0.3, 0.4) is 0 Å². The van der Waals surface area contributed by atoms with Crippen LogP contribution in [0.1, 0.15) is 0 Å². The number of fused-ring (bicyclic) bond motifs is 1. The number of hydrogen-bond donors (Lipinski definition) is 2. The normalized spacial score (nSPS) is 10.7. The van der Waals surface area contributed by atoms with Crippen molar-refractivity contribution in [2.45, 2.75) is 0 Å². The summed E-state index contributed by atoms with van der Waals surface area (Å²) in [6.07, 6.45) is 1.82. The summed E-state index contributed by atoms with van der Waals surface area (Å²) in [4.78, 5) is 3.09. The smallest absolute Gasteiger partial charge is 0.144 e. The molecule has 1 aromatic carbocycles. The van der Waals surface area contributed by atoms with Gasteiger partial charge in [-0.05, 0) is 18.2 Å². The van der Waals surface area contributed by atoms with Crippen LogP contribution in [0.15, 0.2) is 24.4 Å². The highest BCUT2D eigenvalue weighted by atomic mass is 35.5. The van der Waals surface area contributed by atoms with Crippen molar-refractivity contribution in [1.82, 2.24) is 4.98 Å². The maximum atomic E-state index is 5.85. The van der Waals surface area contributed by atoms with Crippen molar-refractivity contribution < 1.29 is 4.74 Å². The van der Waals surface area contributed by atoms with E-state index in [1.165, 1.54) is 0 Å². The van der Waals surface area contributed by atoms with Crippen LogP contribution in [-0.2, 0) is 0 Å². The van der Waals surface area contributed by atoms with Gasteiger partial charge in [0, 0.05) is 23.2 Å². The van der Waals surface area contributed by atoms with Crippen LogP contribution in [0, 0.1) is 0 Å². The van der Waals surface area contributed by atoms with Crippen molar-refractivity contribution in [1.29, 1.82) is 0 Å². The minimum atomic E-state index is 0.514. The fourth-order valence-electron chi connectivity index (χ4n) is 1.36. The molecule has 0 fully saturated rings. The fraction of sp³-hybridized carbons (Fsp3) is 0.200. The molecular formula is C10H11ClN2O. The van der Waals surface area contributed by atoms with E-state index in [2.05, 4.69) is 4.98 Å². The second-order valence-corrected chi connectivity index (χ2v) is 3.42. The Morgan fingerprint density at radius 3 is 3.07 bits per heavy atom. The first-order valence-corrected chi connectivity index (χ1v) is 4.78. The monoisotopic (exact) mass is 210 g/mol. The van der Waals surface area contributed by atoms with Gasteiger partial charge in [0.1, 0.15) is 12.4 Å². The lowest BCUT2D eigenvalue weighted by atomic mass is 10.2. The second-order valence-electron chi connectivity index (χ2n) is 2.98. The second kappa shape index (κ2) is 3.90. The minimum absolute atomic E-state index is 0.514. The van der Waals surface area contributed by atoms with E-state index in [4.69, 9.17) is 22.1 Å². The van der Waals surface area contributed by atoms with Crippen molar-refractivity contribution >= 4 is 22.5 Å². The van der Waals surface area contributed by atoms with Crippen LogP contribution in [0.25, 0.3) is 10.9 Å². The van der Waals surface area contributed by atoms with E-state index in [1.807, 2.05) is 24.4 Å². The van der Waals surface area contributed by atoms with Crippen LogP contribution in [0.2, 0.25) is 5.02 Å². The van der Waals surface area contributed by atoms with Gasteiger partial charge in [0.25, 0.3) is 0 Å². The summed E-state index contributed by atoms with van der Waals surface area (Å²) in [5, 5.41) is 1.74. The molecule has 0 radical (unpaired) electrons. The van der Waals surface area contributed by atoms with E-state index >= 15 is 0 Å². The molecule has 0 aliphatic carbocycles. The lowest BCUT2D eigenvalue weighted by Gasteiger charge is -2.01. The van der Waals surface area contributed by atoms with Gasteiger partial charge < -0.3 is 15.5 Å². The van der Waals surface area contributed by atoms with Gasteiger partial charge in [-0.15, -0.1) is 0 Å². The lowest BCUT2D eigenvalue weighted by molar-refractivity contribution is 0.332. The number of ether oxygens (including phenoxy) is 1. The van der Waals surface area contributed by atoms with E-state index in [-0.39, 0.29) is 0 Å². The van der Waals surface area contributed by atoms with Gasteiger partial charge in [0.2, 0.25) is 0 Å². The van der Waals surface area contributed by atoms with Crippen molar-refractivity contribution in [2.24, 2.45) is 5.73 Å². The zero-order valence-corrected chi connectivity index (χ0v) is 8.34. The van der Waals surface area contributed by atoms with Crippen LogP contribution >= 0.6 is 11.6 Å². The van der Waals surface area contributed by atoms with Crippen LogP contribution in [-0.4, -0.2) is 18.1 Å². The number of aromatic nitrogens is 1. The zero-order valence-electron chi connectivity index (χ0n) is 7.59. The van der Waals surface area contributed by atoms with E-state index < -0.39 is 0 Å². The number of benzene rings is 1. The quantitative estimate of drug-likeness (QED) is 0.816. The molecule has 0 amide bonds. The molecule has 0 atom stereocenters. The van der Waals surface area contributed by atoms with E-state index in [1.54, 1.807) is 0 Å². The minimum Gasteiger partial charge on any atom is -0.490 e. The molecule has 0 unspecified atom stereocenters. The highest BCUT2D eigenvalue weighted by Crippen LogP contribution is 2.27. The molecule has 3 nitrogen and oxygen atoms in total. The summed E-state index contributed by atoms with van der Waals surface area (Å²) < 4.78 is 5.45. The maximum Gasteiger partial charge on any atom is 0.144 e. The van der Waals surface area contributed by atoms with Gasteiger partial charge in [0.15, 0.2) is 0 Å². The van der Waals surface area contributed by atoms with Crippen molar-refractivity contribution in [2.75, 3.05) is 13.2 Å². The Bertz CT molecular complexity index is 439. The Kier molecular flexibility index (Phi) is 2.61. The molecule has 0 bridgehead atoms. The number of nitrogens with two attached hydrogens (primary N) is 1. The van der Waals surface area contributed by atoms with Crippen molar-refractivity contribution in [3.8, 4) is 5.75 Å². The third-order valence-corrected chi connectivity index (χ3v) is 2.22. The molecule has 0 spiro atoms. The summed E-state index contributed by atoms with van der Waals surface area (Å²) in [5.74, 6) is 0.821. The van der Waals surface area contributed by atoms with E-state index in [0.29, 0.717) is 18.2 Å². The summed E-state index contributed by atoms with van der Waals surface area (Å²) in [6.45, 7) is 1.04. The van der Waals surface area contributed by atoms with Gasteiger partial charge in [-0.1, -0.05) is 11.6 Å². The molecule has 0 saturated carbocycles. The molecule has 3 N–H and O–H groups in total. The summed E-state index contributed by atoms with van der Waals surface area (Å²) >= 11 is 5.85. The van der Waals surface area contributed by atoms with Crippen LogP contribution in [0.5, 0.6) is 5.75 Å². The predicted octanol–water partition coefficient (Wildman–Crippen LogP) is 2.16. The Morgan fingerprint density at radius 1 is 1.43 bits per heavy atom. The number of nitrogens with one attached hydrogen (secondary N) is 1. The van der Waals surface area contributed by atoms with Gasteiger partial charge >= 0.3 is 0 Å². The van der Waals surface area contributed by atoms with Crippen LogP contribution < -0.4 is 10.5 Å². The Labute approximate surface area is 86.8 Å². The number of halogens is 1. The molecule has 0 saturated heterocycles. The molecule has 1 heterocycles. The number of H-pyrrole nitrogens is 1. The van der Waals surface area contributed by atoms with E-state index in [0.717, 1.165) is 16.7 Å². The van der Waals surface area contributed by atoms with E-state index in [9.17, 15) is 0 Å². The third kappa shape index (κ3) is 1.69. The topological polar surface area (TPSA) is 51.0 Å². The SMILES string of the molecule is NCCOc1c[nH]c2cc(Cl)ccc12. The predicted molar refractivity (Wildman–Crippen MR) is 57.9 cm³/mol. The Morgan fingerprint density at radius 2 is 2.29 bits per heavy atom. The number of hydrogen-bond acceptors (Lipinski definition) is 2. The fourth-order valence-corrected chi connectivity index (χ4v) is 1.53. The van der Waals surface area contributed by atoms with Gasteiger partial charge in [-0.25, -0.2) is 0 Å². The lowest BCUT2D eigenvalue weighted by Crippen LogP contribution is -2.10. The molecule has 0 aliphatic rings. The van der Waals surface area contributed by atoms with Crippen molar-refractivity contribution in [3.05, 3.63) is 29.4 Å². The number of rotatable bonds is 3. The number of aromatic amines is 1. The van der Waals surface area contributed by atoms with Crippen molar-refractivity contribution in [3.63, 3.8) is 0 Å². The molecule has 1 aromatic heterocycles. The highest BCUT2D eigenvalue weighted by Gasteiger charge is 2.03. The van der Waals surface area contributed by atoms with Gasteiger partial charge in [-0.2, -0.15) is 0 Å². The molecule has 4 heteroatoms. The standard InChI is InChI=1S/C10H11ClN2O/c11-7-1-2-8-9(5-7)13-6-10(8)14-4-3-12/h1-2,5-6,13H,3-4,12H2. The summed E-state index contributed by atoms with van der Waals surface area (Å²) in [5.41, 5.74) is 6.33. The average Bonchev–Trinajstić information content (AvgIpc) is 2.57. The zero-order chi connectivity index (χ0) is 9.97. The summed E-state index contributed by atoms with van der Waals surface area (Å²) in [6, 6.07) is 5.64. The maximum absolute atomic E-state index is 5.85. The molecule has 0 aliphatic heterocycles. The molecule has 2 rings (SSSR count). The first-order valence-electron chi connectivity index (χ1n) is 4.41. The molecule has 74 valence electrons. The Balaban J connectivity index is 2.37. The highest BCUT2D eigenvalue weighted by molar-refractivity contribution is 6.31. The van der Waals surface area contributed by atoms with Gasteiger partial charge in [0.05, 0.1) is 5.52 Å². The molecule has 2 aromatic rings. The largest absolute Gasteiger partial charge is 0.490 e. The molecular weight excluding hydrogens is 200 g/mol. The first-order chi connectivity index (χ1) is 6.81. The third-order valence-electron chi connectivity index (χ3n) is 1.98. The first kappa shape index (κ1) is 9.37.